The van der Waals surface area contributed by atoms with E-state index in [1.165, 1.54) is 12.0 Å². The first kappa shape index (κ1) is 21.1. The molecule has 0 unspecified atom stereocenters. The molecule has 0 bridgehead atoms. The lowest BCUT2D eigenvalue weighted by Gasteiger charge is -2.21. The second kappa shape index (κ2) is 10.1. The molecule has 6 nitrogen and oxygen atoms in total. The number of carbonyl (C=O) groups is 2. The predicted molar refractivity (Wildman–Crippen MR) is 98.6 cm³/mol. The van der Waals surface area contributed by atoms with Gasteiger partial charge in [0.25, 0.3) is 5.91 Å². The van der Waals surface area contributed by atoms with Crippen LogP contribution in [-0.4, -0.2) is 50.1 Å². The number of hydrogen-bond donors (Lipinski definition) is 1. The zero-order chi connectivity index (χ0) is 19.0. The van der Waals surface area contributed by atoms with Gasteiger partial charge >= 0.3 is 0 Å². The van der Waals surface area contributed by atoms with Gasteiger partial charge in [0.05, 0.1) is 25.3 Å². The normalized spacial score (nSPS) is 10.5. The molecule has 1 rings (SSSR count). The van der Waals surface area contributed by atoms with Crippen LogP contribution in [0.25, 0.3) is 0 Å². The van der Waals surface area contributed by atoms with Crippen molar-refractivity contribution < 1.29 is 19.1 Å². The third-order valence-corrected chi connectivity index (χ3v) is 3.70. The number of benzene rings is 1. The highest BCUT2D eigenvalue weighted by molar-refractivity contribution is 6.32. The SMILES string of the molecule is CCNC(=O)CN(CC)C(=O)c1cc(Cl)c(OCC(C)C)c(OC)c1. The molecular weight excluding hydrogens is 344 g/mol. The Bertz CT molecular complexity index is 605. The maximum Gasteiger partial charge on any atom is 0.254 e. The van der Waals surface area contributed by atoms with Crippen molar-refractivity contribution >= 4 is 23.4 Å². The van der Waals surface area contributed by atoms with Crippen LogP contribution in [0.15, 0.2) is 12.1 Å². The topological polar surface area (TPSA) is 67.9 Å². The molecule has 140 valence electrons. The zero-order valence-corrected chi connectivity index (χ0v) is 16.3. The van der Waals surface area contributed by atoms with Gasteiger partial charge in [0.2, 0.25) is 5.91 Å². The quantitative estimate of drug-likeness (QED) is 0.725. The molecule has 1 N–H and O–H groups in total. The highest BCUT2D eigenvalue weighted by Gasteiger charge is 2.21. The highest BCUT2D eigenvalue weighted by Crippen LogP contribution is 2.37. The Balaban J connectivity index is 3.05. The molecule has 0 saturated heterocycles. The molecule has 0 aliphatic heterocycles. The monoisotopic (exact) mass is 370 g/mol. The lowest BCUT2D eigenvalue weighted by Crippen LogP contribution is -2.40. The Labute approximate surface area is 154 Å². The molecule has 1 aromatic carbocycles. The summed E-state index contributed by atoms with van der Waals surface area (Å²) in [6, 6.07) is 3.13. The molecule has 0 radical (unpaired) electrons. The smallest absolute Gasteiger partial charge is 0.254 e. The van der Waals surface area contributed by atoms with Crippen LogP contribution in [0.3, 0.4) is 0 Å². The van der Waals surface area contributed by atoms with E-state index in [2.05, 4.69) is 5.32 Å². The summed E-state index contributed by atoms with van der Waals surface area (Å²) in [6.45, 7) is 9.11. The number of halogens is 1. The van der Waals surface area contributed by atoms with Crippen molar-refractivity contribution in [3.8, 4) is 11.5 Å². The number of methoxy groups -OCH3 is 1. The summed E-state index contributed by atoms with van der Waals surface area (Å²) >= 11 is 6.29. The van der Waals surface area contributed by atoms with Crippen LogP contribution in [0.5, 0.6) is 11.5 Å². The van der Waals surface area contributed by atoms with E-state index in [0.29, 0.717) is 47.7 Å². The minimum Gasteiger partial charge on any atom is -0.493 e. The third-order valence-electron chi connectivity index (χ3n) is 3.41. The van der Waals surface area contributed by atoms with Crippen molar-refractivity contribution in [2.24, 2.45) is 5.92 Å². The fourth-order valence-corrected chi connectivity index (χ4v) is 2.43. The van der Waals surface area contributed by atoms with Crippen molar-refractivity contribution in [1.29, 1.82) is 0 Å². The largest absolute Gasteiger partial charge is 0.493 e. The summed E-state index contributed by atoms with van der Waals surface area (Å²) in [5.74, 6) is 0.651. The maximum atomic E-state index is 12.7. The number of nitrogens with one attached hydrogen (secondary N) is 1. The summed E-state index contributed by atoms with van der Waals surface area (Å²) in [6.07, 6.45) is 0. The number of rotatable bonds is 9. The summed E-state index contributed by atoms with van der Waals surface area (Å²) in [5, 5.41) is 2.99. The van der Waals surface area contributed by atoms with Gasteiger partial charge in [0.1, 0.15) is 0 Å². The highest BCUT2D eigenvalue weighted by atomic mass is 35.5. The van der Waals surface area contributed by atoms with Crippen LogP contribution >= 0.6 is 11.6 Å². The molecule has 0 aliphatic rings. The first-order valence-electron chi connectivity index (χ1n) is 8.40. The molecule has 25 heavy (non-hydrogen) atoms. The summed E-state index contributed by atoms with van der Waals surface area (Å²) < 4.78 is 11.0. The van der Waals surface area contributed by atoms with Crippen molar-refractivity contribution in [3.63, 3.8) is 0 Å². The molecule has 7 heteroatoms. The van der Waals surface area contributed by atoms with Crippen LogP contribution in [0.1, 0.15) is 38.1 Å². The van der Waals surface area contributed by atoms with E-state index in [1.807, 2.05) is 27.7 Å². The number of carbonyl (C=O) groups excluding carboxylic acids is 2. The van der Waals surface area contributed by atoms with Crippen molar-refractivity contribution in [1.82, 2.24) is 10.2 Å². The van der Waals surface area contributed by atoms with Gasteiger partial charge in [-0.25, -0.2) is 0 Å². The van der Waals surface area contributed by atoms with Crippen LogP contribution in [-0.2, 0) is 4.79 Å². The maximum absolute atomic E-state index is 12.7. The summed E-state index contributed by atoms with van der Waals surface area (Å²) in [7, 11) is 1.49. The van der Waals surface area contributed by atoms with E-state index < -0.39 is 0 Å². The van der Waals surface area contributed by atoms with Gasteiger partial charge in [-0.2, -0.15) is 0 Å². The second-order valence-corrected chi connectivity index (χ2v) is 6.37. The summed E-state index contributed by atoms with van der Waals surface area (Å²) in [5.41, 5.74) is 0.352. The van der Waals surface area contributed by atoms with Gasteiger partial charge in [0, 0.05) is 18.7 Å². The van der Waals surface area contributed by atoms with E-state index >= 15 is 0 Å². The molecule has 0 fully saturated rings. The third kappa shape index (κ3) is 6.12. The van der Waals surface area contributed by atoms with Gasteiger partial charge in [-0.1, -0.05) is 25.4 Å². The molecular formula is C18H27ClN2O4. The molecule has 0 aliphatic carbocycles. The molecule has 0 heterocycles. The van der Waals surface area contributed by atoms with E-state index in [-0.39, 0.29) is 18.4 Å². The predicted octanol–water partition coefficient (Wildman–Crippen LogP) is 2.98. The number of ether oxygens (including phenoxy) is 2. The first-order valence-corrected chi connectivity index (χ1v) is 8.78. The summed E-state index contributed by atoms with van der Waals surface area (Å²) in [4.78, 5) is 25.9. The van der Waals surface area contributed by atoms with Crippen molar-refractivity contribution in [2.45, 2.75) is 27.7 Å². The average molecular weight is 371 g/mol. The van der Waals surface area contributed by atoms with Crippen LogP contribution in [0.4, 0.5) is 0 Å². The molecule has 0 aromatic heterocycles. The second-order valence-electron chi connectivity index (χ2n) is 5.97. The number of nitrogens with zero attached hydrogens (tertiary/aromatic N) is 1. The molecule has 0 saturated carbocycles. The van der Waals surface area contributed by atoms with E-state index in [1.54, 1.807) is 12.1 Å². The van der Waals surface area contributed by atoms with Gasteiger partial charge in [-0.3, -0.25) is 9.59 Å². The molecule has 1 aromatic rings. The van der Waals surface area contributed by atoms with Crippen LogP contribution < -0.4 is 14.8 Å². The van der Waals surface area contributed by atoms with E-state index in [9.17, 15) is 9.59 Å². The minimum atomic E-state index is -0.288. The Morgan fingerprint density at radius 1 is 1.28 bits per heavy atom. The Hall–Kier alpha value is -1.95. The Morgan fingerprint density at radius 3 is 2.48 bits per heavy atom. The number of hydrogen-bond acceptors (Lipinski definition) is 4. The molecule has 0 atom stereocenters. The van der Waals surface area contributed by atoms with Gasteiger partial charge in [-0.15, -0.1) is 0 Å². The Kier molecular flexibility index (Phi) is 8.55. The van der Waals surface area contributed by atoms with E-state index in [4.69, 9.17) is 21.1 Å². The van der Waals surface area contributed by atoms with Crippen LogP contribution in [0.2, 0.25) is 5.02 Å². The first-order chi connectivity index (χ1) is 11.8. The van der Waals surface area contributed by atoms with Crippen molar-refractivity contribution in [3.05, 3.63) is 22.7 Å². The lowest BCUT2D eigenvalue weighted by molar-refractivity contribution is -0.121. The molecule has 2 amide bonds. The van der Waals surface area contributed by atoms with Gasteiger partial charge < -0.3 is 19.7 Å². The minimum absolute atomic E-state index is 0.00525. The fraction of sp³-hybridized carbons (Fsp3) is 0.556. The zero-order valence-electron chi connectivity index (χ0n) is 15.5. The Morgan fingerprint density at radius 2 is 1.96 bits per heavy atom. The van der Waals surface area contributed by atoms with Gasteiger partial charge in [-0.05, 0) is 31.9 Å². The molecule has 0 spiro atoms. The fourth-order valence-electron chi connectivity index (χ4n) is 2.17. The number of amides is 2. The van der Waals surface area contributed by atoms with Gasteiger partial charge in [0.15, 0.2) is 11.5 Å². The van der Waals surface area contributed by atoms with Crippen LogP contribution in [0, 0.1) is 5.92 Å². The van der Waals surface area contributed by atoms with Crippen molar-refractivity contribution in [2.75, 3.05) is 33.4 Å². The number of likely N-dealkylation sites (N-methyl/N-ethyl adjacent to an activating group) is 2. The lowest BCUT2D eigenvalue weighted by atomic mass is 10.1. The standard InChI is InChI=1S/C18H27ClN2O4/c1-6-20-16(22)10-21(7-2)18(23)13-8-14(19)17(15(9-13)24-5)25-11-12(3)4/h8-9,12H,6-7,10-11H2,1-5H3,(H,20,22). The van der Waals surface area contributed by atoms with E-state index in [0.717, 1.165) is 0 Å². The average Bonchev–Trinajstić information content (AvgIpc) is 2.57.